The van der Waals surface area contributed by atoms with E-state index in [4.69, 9.17) is 14.8 Å². The van der Waals surface area contributed by atoms with Crippen LogP contribution in [0.2, 0.25) is 0 Å². The van der Waals surface area contributed by atoms with Crippen molar-refractivity contribution in [2.45, 2.75) is 12.3 Å². The van der Waals surface area contributed by atoms with E-state index in [0.29, 0.717) is 22.1 Å². The maximum atomic E-state index is 14.2. The van der Waals surface area contributed by atoms with Crippen molar-refractivity contribution >= 4 is 16.9 Å². The molecule has 1 atom stereocenters. The predicted octanol–water partition coefficient (Wildman–Crippen LogP) is 4.32. The Morgan fingerprint density at radius 3 is 2.65 bits per heavy atom. The molecule has 0 spiro atoms. The maximum absolute atomic E-state index is 14.2. The lowest BCUT2D eigenvalue weighted by Crippen LogP contribution is -2.03. The Kier molecular flexibility index (Phi) is 3.82. The summed E-state index contributed by atoms with van der Waals surface area (Å²) in [6, 6.07) is 14.9. The van der Waals surface area contributed by atoms with Gasteiger partial charge in [0.25, 0.3) is 0 Å². The molecule has 1 heterocycles. The number of rotatable bonds is 4. The summed E-state index contributed by atoms with van der Waals surface area (Å²) in [4.78, 5) is 11.1. The van der Waals surface area contributed by atoms with E-state index in [2.05, 4.69) is 6.07 Å². The lowest BCUT2D eigenvalue weighted by atomic mass is 9.87. The molecule has 2 aromatic carbocycles. The van der Waals surface area contributed by atoms with Gasteiger partial charge in [-0.3, -0.25) is 0 Å². The van der Waals surface area contributed by atoms with Crippen LogP contribution >= 0.6 is 0 Å². The Morgan fingerprint density at radius 2 is 1.96 bits per heavy atom. The van der Waals surface area contributed by atoms with E-state index in [1.54, 1.807) is 36.4 Å². The van der Waals surface area contributed by atoms with E-state index < -0.39 is 17.7 Å². The largest absolute Gasteiger partial charge is 0.475 e. The Balaban J connectivity index is 2.21. The molecule has 1 unspecified atom stereocenters. The Hall–Kier alpha value is -3.13. The molecule has 0 fully saturated rings. The van der Waals surface area contributed by atoms with Crippen LogP contribution in [0.4, 0.5) is 4.39 Å². The van der Waals surface area contributed by atoms with Crippen molar-refractivity contribution in [2.75, 3.05) is 0 Å². The summed E-state index contributed by atoms with van der Waals surface area (Å²) < 4.78 is 19.4. The molecule has 3 rings (SSSR count). The molecule has 23 heavy (non-hydrogen) atoms. The summed E-state index contributed by atoms with van der Waals surface area (Å²) in [5.74, 6) is -2.25. The van der Waals surface area contributed by atoms with Gasteiger partial charge >= 0.3 is 5.97 Å². The second kappa shape index (κ2) is 5.93. The number of aromatic carboxylic acids is 1. The summed E-state index contributed by atoms with van der Waals surface area (Å²) in [7, 11) is 0. The van der Waals surface area contributed by atoms with Crippen LogP contribution in [0.5, 0.6) is 0 Å². The van der Waals surface area contributed by atoms with Crippen molar-refractivity contribution in [1.29, 1.82) is 5.26 Å². The van der Waals surface area contributed by atoms with Crippen LogP contribution < -0.4 is 0 Å². The molecule has 3 aromatic rings. The molecule has 0 aliphatic heterocycles. The quantitative estimate of drug-likeness (QED) is 0.779. The lowest BCUT2D eigenvalue weighted by molar-refractivity contribution is 0.0665. The average molecular weight is 309 g/mol. The van der Waals surface area contributed by atoms with Gasteiger partial charge in [-0.1, -0.05) is 30.3 Å². The van der Waals surface area contributed by atoms with E-state index in [-0.39, 0.29) is 12.2 Å². The molecule has 0 aliphatic carbocycles. The van der Waals surface area contributed by atoms with Crippen LogP contribution in [0.25, 0.3) is 11.0 Å². The normalized spacial score (nSPS) is 12.0. The molecular weight excluding hydrogens is 297 g/mol. The summed E-state index contributed by atoms with van der Waals surface area (Å²) >= 11 is 0. The van der Waals surface area contributed by atoms with Crippen molar-refractivity contribution in [3.05, 3.63) is 71.2 Å². The number of nitrogens with zero attached hydrogens (tertiary/aromatic N) is 1. The van der Waals surface area contributed by atoms with Gasteiger partial charge in [0.05, 0.1) is 6.07 Å². The van der Waals surface area contributed by atoms with E-state index in [9.17, 15) is 9.18 Å². The van der Waals surface area contributed by atoms with Crippen LogP contribution in [0.1, 0.15) is 34.0 Å². The molecule has 1 N–H and O–H groups in total. The molecule has 4 nitrogen and oxygen atoms in total. The second-order valence-electron chi connectivity index (χ2n) is 5.11. The number of hydrogen-bond donors (Lipinski definition) is 1. The molecule has 1 aromatic heterocycles. The van der Waals surface area contributed by atoms with Gasteiger partial charge in [-0.2, -0.15) is 5.26 Å². The highest BCUT2D eigenvalue weighted by molar-refractivity contribution is 5.93. The number of hydrogen-bond acceptors (Lipinski definition) is 3. The molecule has 5 heteroatoms. The van der Waals surface area contributed by atoms with Crippen molar-refractivity contribution in [2.24, 2.45) is 0 Å². The molecule has 0 saturated carbocycles. The molecule has 0 radical (unpaired) electrons. The van der Waals surface area contributed by atoms with Crippen LogP contribution in [0.3, 0.4) is 0 Å². The second-order valence-corrected chi connectivity index (χ2v) is 5.11. The van der Waals surface area contributed by atoms with Gasteiger partial charge in [-0.15, -0.1) is 0 Å². The summed E-state index contributed by atoms with van der Waals surface area (Å²) in [6.45, 7) is 0. The zero-order valence-electron chi connectivity index (χ0n) is 12.0. The summed E-state index contributed by atoms with van der Waals surface area (Å²) in [5, 5.41) is 18.8. The third kappa shape index (κ3) is 2.67. The Bertz CT molecular complexity index is 923. The molecular formula is C18H12FNO3. The standard InChI is InChI=1S/C18H12FNO3/c19-15-6-2-1-4-13(15)12(8-9-20)11-5-3-7-16-14(11)10-17(23-16)18(21)22/h1-7,10,12H,8H2,(H,21,22). The molecule has 0 bridgehead atoms. The Morgan fingerprint density at radius 1 is 1.22 bits per heavy atom. The highest BCUT2D eigenvalue weighted by atomic mass is 19.1. The van der Waals surface area contributed by atoms with Gasteiger partial charge in [-0.25, -0.2) is 9.18 Å². The van der Waals surface area contributed by atoms with Crippen LogP contribution in [-0.2, 0) is 0 Å². The average Bonchev–Trinajstić information content (AvgIpc) is 2.98. The summed E-state index contributed by atoms with van der Waals surface area (Å²) in [5.41, 5.74) is 1.48. The van der Waals surface area contributed by atoms with Crippen LogP contribution in [-0.4, -0.2) is 11.1 Å². The first-order valence-corrected chi connectivity index (χ1v) is 6.99. The number of benzene rings is 2. The van der Waals surface area contributed by atoms with Crippen molar-refractivity contribution < 1.29 is 18.7 Å². The van der Waals surface area contributed by atoms with E-state index in [1.165, 1.54) is 12.1 Å². The minimum atomic E-state index is -1.17. The molecule has 0 aliphatic rings. The molecule has 0 saturated heterocycles. The van der Waals surface area contributed by atoms with Crippen LogP contribution in [0.15, 0.2) is 52.9 Å². The van der Waals surface area contributed by atoms with E-state index >= 15 is 0 Å². The molecule has 0 amide bonds. The lowest BCUT2D eigenvalue weighted by Gasteiger charge is -2.16. The zero-order chi connectivity index (χ0) is 16.4. The number of halogens is 1. The number of fused-ring (bicyclic) bond motifs is 1. The minimum Gasteiger partial charge on any atom is -0.475 e. The Labute approximate surface area is 131 Å². The smallest absolute Gasteiger partial charge is 0.371 e. The highest BCUT2D eigenvalue weighted by Crippen LogP contribution is 2.35. The SMILES string of the molecule is N#CCC(c1ccccc1F)c1cccc2oc(C(=O)O)cc12. The number of nitriles is 1. The van der Waals surface area contributed by atoms with Crippen molar-refractivity contribution in [1.82, 2.24) is 0 Å². The fourth-order valence-corrected chi connectivity index (χ4v) is 2.73. The first-order valence-electron chi connectivity index (χ1n) is 6.99. The minimum absolute atomic E-state index is 0.0770. The zero-order valence-corrected chi connectivity index (χ0v) is 12.0. The number of carbonyl (C=O) groups is 1. The van der Waals surface area contributed by atoms with Crippen molar-refractivity contribution in [3.63, 3.8) is 0 Å². The monoisotopic (exact) mass is 309 g/mol. The van der Waals surface area contributed by atoms with Crippen LogP contribution in [0, 0.1) is 17.1 Å². The first-order chi connectivity index (χ1) is 11.1. The highest BCUT2D eigenvalue weighted by Gasteiger charge is 2.22. The number of carboxylic acids is 1. The number of carboxylic acid groups (broad SMARTS) is 1. The van der Waals surface area contributed by atoms with Gasteiger partial charge in [0, 0.05) is 17.7 Å². The predicted molar refractivity (Wildman–Crippen MR) is 81.6 cm³/mol. The van der Waals surface area contributed by atoms with Gasteiger partial charge in [0.2, 0.25) is 5.76 Å². The van der Waals surface area contributed by atoms with Gasteiger partial charge in [-0.05, 0) is 29.3 Å². The van der Waals surface area contributed by atoms with Gasteiger partial charge < -0.3 is 9.52 Å². The maximum Gasteiger partial charge on any atom is 0.371 e. The third-order valence-electron chi connectivity index (χ3n) is 3.76. The third-order valence-corrected chi connectivity index (χ3v) is 3.76. The number of furan rings is 1. The topological polar surface area (TPSA) is 74.2 Å². The van der Waals surface area contributed by atoms with Gasteiger partial charge in [0.1, 0.15) is 11.4 Å². The van der Waals surface area contributed by atoms with Gasteiger partial charge in [0.15, 0.2) is 0 Å². The first kappa shape index (κ1) is 14.8. The van der Waals surface area contributed by atoms with E-state index in [1.807, 2.05) is 0 Å². The summed E-state index contributed by atoms with van der Waals surface area (Å²) in [6.07, 6.45) is 0.0770. The molecule has 114 valence electrons. The van der Waals surface area contributed by atoms with E-state index in [0.717, 1.165) is 0 Å². The fraction of sp³-hybridized carbons (Fsp3) is 0.111. The van der Waals surface area contributed by atoms with Crippen molar-refractivity contribution in [3.8, 4) is 6.07 Å². The fourth-order valence-electron chi connectivity index (χ4n) is 2.73.